The topological polar surface area (TPSA) is 52.6 Å². The van der Waals surface area contributed by atoms with Gasteiger partial charge in [-0.25, -0.2) is 4.79 Å². The summed E-state index contributed by atoms with van der Waals surface area (Å²) in [5, 5.41) is 0. The van der Waals surface area contributed by atoms with E-state index in [1.165, 1.54) is 5.57 Å². The highest BCUT2D eigenvalue weighted by Crippen LogP contribution is 2.40. The van der Waals surface area contributed by atoms with Crippen LogP contribution in [0.4, 0.5) is 4.79 Å². The van der Waals surface area contributed by atoms with Crippen molar-refractivity contribution in [2.75, 3.05) is 0 Å². The zero-order valence-electron chi connectivity index (χ0n) is 16.0. The molecule has 4 heteroatoms. The summed E-state index contributed by atoms with van der Waals surface area (Å²) in [6, 6.07) is 9.31. The van der Waals surface area contributed by atoms with E-state index < -0.39 is 12.1 Å². The van der Waals surface area contributed by atoms with E-state index in [1.807, 2.05) is 44.2 Å². The summed E-state index contributed by atoms with van der Waals surface area (Å²) >= 11 is 0. The summed E-state index contributed by atoms with van der Waals surface area (Å²) in [4.78, 5) is 24.4. The normalized spacial score (nSPS) is 21.6. The van der Waals surface area contributed by atoms with Gasteiger partial charge in [0, 0.05) is 0 Å². The molecule has 1 aromatic carbocycles. The van der Waals surface area contributed by atoms with Gasteiger partial charge in [-0.1, -0.05) is 53.6 Å². The van der Waals surface area contributed by atoms with Crippen molar-refractivity contribution >= 4 is 12.1 Å². The van der Waals surface area contributed by atoms with Gasteiger partial charge in [0.1, 0.15) is 6.61 Å². The molecule has 0 bridgehead atoms. The van der Waals surface area contributed by atoms with Gasteiger partial charge in [-0.05, 0) is 57.9 Å². The molecule has 1 fully saturated rings. The average Bonchev–Trinajstić information content (AvgIpc) is 2.94. The number of benzene rings is 1. The van der Waals surface area contributed by atoms with Gasteiger partial charge in [0.2, 0.25) is 0 Å². The van der Waals surface area contributed by atoms with E-state index in [1.54, 1.807) is 0 Å². The summed E-state index contributed by atoms with van der Waals surface area (Å²) in [5.74, 6) is -0.376. The lowest BCUT2D eigenvalue weighted by molar-refractivity contribution is -0.145. The molecule has 4 nitrogen and oxygen atoms in total. The second kappa shape index (κ2) is 9.37. The fourth-order valence-electron chi connectivity index (χ4n) is 3.51. The first-order valence-corrected chi connectivity index (χ1v) is 9.07. The average molecular weight is 356 g/mol. The first-order valence-electron chi connectivity index (χ1n) is 9.07. The molecule has 0 radical (unpaired) electrons. The molecule has 3 atom stereocenters. The van der Waals surface area contributed by atoms with Crippen LogP contribution < -0.4 is 0 Å². The molecule has 0 amide bonds. The Morgan fingerprint density at radius 3 is 2.27 bits per heavy atom. The lowest BCUT2D eigenvalue weighted by Gasteiger charge is -2.14. The molecule has 1 saturated carbocycles. The number of hydrogen-bond acceptors (Lipinski definition) is 4. The van der Waals surface area contributed by atoms with Crippen LogP contribution in [0.1, 0.15) is 46.1 Å². The van der Waals surface area contributed by atoms with Crippen molar-refractivity contribution in [2.45, 2.75) is 47.1 Å². The molecule has 1 aliphatic rings. The highest BCUT2D eigenvalue weighted by Gasteiger charge is 2.38. The van der Waals surface area contributed by atoms with E-state index in [4.69, 9.17) is 9.47 Å². The maximum atomic E-state index is 12.5. The van der Waals surface area contributed by atoms with Gasteiger partial charge in [-0.15, -0.1) is 0 Å². The Labute approximate surface area is 155 Å². The van der Waals surface area contributed by atoms with Crippen LogP contribution in [-0.2, 0) is 20.9 Å². The van der Waals surface area contributed by atoms with Gasteiger partial charge in [0.05, 0.1) is 5.92 Å². The lowest BCUT2D eigenvalue weighted by atomic mass is 9.94. The van der Waals surface area contributed by atoms with Crippen molar-refractivity contribution < 1.29 is 19.1 Å². The number of rotatable bonds is 5. The summed E-state index contributed by atoms with van der Waals surface area (Å²) < 4.78 is 10.0. The molecular formula is C22H28O4. The van der Waals surface area contributed by atoms with Crippen LogP contribution in [0.25, 0.3) is 0 Å². The molecule has 0 spiro atoms. The van der Waals surface area contributed by atoms with Crippen molar-refractivity contribution in [3.05, 3.63) is 59.2 Å². The molecule has 0 aromatic heterocycles. The Hall–Kier alpha value is -2.36. The number of ether oxygens (including phenoxy) is 2. The maximum absolute atomic E-state index is 12.5. The SMILES string of the molecule is CC(C)=CC1CC(C=C(C)C)C(C(=O)OC(=O)OCc2ccccc2)C1. The van der Waals surface area contributed by atoms with Crippen LogP contribution in [0.3, 0.4) is 0 Å². The third-order valence-electron chi connectivity index (χ3n) is 4.45. The molecule has 1 aromatic rings. The second-order valence-corrected chi connectivity index (χ2v) is 7.44. The second-order valence-electron chi connectivity index (χ2n) is 7.44. The highest BCUT2D eigenvalue weighted by molar-refractivity contribution is 5.84. The number of carbonyl (C=O) groups is 2. The van der Waals surface area contributed by atoms with Gasteiger partial charge in [-0.2, -0.15) is 0 Å². The summed E-state index contributed by atoms with van der Waals surface area (Å²) in [6.07, 6.45) is 4.98. The summed E-state index contributed by atoms with van der Waals surface area (Å²) in [6.45, 7) is 8.25. The zero-order chi connectivity index (χ0) is 19.1. The summed E-state index contributed by atoms with van der Waals surface area (Å²) in [5.41, 5.74) is 3.25. The molecule has 26 heavy (non-hydrogen) atoms. The molecule has 140 valence electrons. The van der Waals surface area contributed by atoms with Crippen molar-refractivity contribution in [3.63, 3.8) is 0 Å². The molecule has 3 unspecified atom stereocenters. The van der Waals surface area contributed by atoms with E-state index in [9.17, 15) is 9.59 Å². The van der Waals surface area contributed by atoms with Crippen LogP contribution >= 0.6 is 0 Å². The fraction of sp³-hybridized carbons (Fsp3) is 0.455. The van der Waals surface area contributed by atoms with Crippen molar-refractivity contribution in [1.82, 2.24) is 0 Å². The number of esters is 1. The molecule has 0 heterocycles. The Kier molecular flexibility index (Phi) is 7.19. The van der Waals surface area contributed by atoms with Gasteiger partial charge in [0.15, 0.2) is 0 Å². The van der Waals surface area contributed by atoms with E-state index in [0.717, 1.165) is 17.6 Å². The molecule has 0 saturated heterocycles. The fourth-order valence-corrected chi connectivity index (χ4v) is 3.51. The van der Waals surface area contributed by atoms with Gasteiger partial charge < -0.3 is 9.47 Å². The maximum Gasteiger partial charge on any atom is 0.516 e. The monoisotopic (exact) mass is 356 g/mol. The number of allylic oxidation sites excluding steroid dienone is 4. The molecule has 0 N–H and O–H groups in total. The third kappa shape index (κ3) is 6.17. The largest absolute Gasteiger partial charge is 0.516 e. The van der Waals surface area contributed by atoms with Crippen LogP contribution in [0.2, 0.25) is 0 Å². The van der Waals surface area contributed by atoms with Crippen molar-refractivity contribution in [3.8, 4) is 0 Å². The Morgan fingerprint density at radius 2 is 1.65 bits per heavy atom. The molecule has 2 rings (SSSR count). The van der Waals surface area contributed by atoms with E-state index >= 15 is 0 Å². The lowest BCUT2D eigenvalue weighted by Crippen LogP contribution is -2.24. The van der Waals surface area contributed by atoms with Crippen molar-refractivity contribution in [2.24, 2.45) is 17.8 Å². The standard InChI is InChI=1S/C22H28O4/c1-15(2)10-18-12-19(11-16(3)4)20(13-18)21(23)26-22(24)25-14-17-8-6-5-7-9-17/h5-11,18-20H,12-14H2,1-4H3. The Morgan fingerprint density at radius 1 is 1.00 bits per heavy atom. The molecular weight excluding hydrogens is 328 g/mol. The zero-order valence-corrected chi connectivity index (χ0v) is 16.0. The number of hydrogen-bond donors (Lipinski definition) is 0. The summed E-state index contributed by atoms with van der Waals surface area (Å²) in [7, 11) is 0. The quantitative estimate of drug-likeness (QED) is 0.400. The minimum atomic E-state index is -0.930. The first-order chi connectivity index (χ1) is 12.3. The minimum Gasteiger partial charge on any atom is -0.429 e. The number of carbonyl (C=O) groups excluding carboxylic acids is 2. The smallest absolute Gasteiger partial charge is 0.429 e. The van der Waals surface area contributed by atoms with Crippen LogP contribution in [-0.4, -0.2) is 12.1 Å². The molecule has 0 aliphatic heterocycles. The van der Waals surface area contributed by atoms with Crippen LogP contribution in [0.15, 0.2) is 53.6 Å². The van der Waals surface area contributed by atoms with Crippen LogP contribution in [0.5, 0.6) is 0 Å². The van der Waals surface area contributed by atoms with E-state index in [0.29, 0.717) is 12.3 Å². The molecule has 1 aliphatic carbocycles. The predicted octanol–water partition coefficient (Wildman–Crippen LogP) is 5.44. The van der Waals surface area contributed by atoms with Gasteiger partial charge in [0.25, 0.3) is 0 Å². The van der Waals surface area contributed by atoms with E-state index in [2.05, 4.69) is 26.0 Å². The van der Waals surface area contributed by atoms with Gasteiger partial charge in [-0.3, -0.25) is 4.79 Å². The Bertz CT molecular complexity index is 679. The Balaban J connectivity index is 1.95. The van der Waals surface area contributed by atoms with Gasteiger partial charge >= 0.3 is 12.1 Å². The first kappa shape index (κ1) is 20.0. The highest BCUT2D eigenvalue weighted by atomic mass is 16.7. The predicted molar refractivity (Wildman–Crippen MR) is 101 cm³/mol. The van der Waals surface area contributed by atoms with Crippen molar-refractivity contribution in [1.29, 1.82) is 0 Å². The van der Waals surface area contributed by atoms with Crippen LogP contribution in [0, 0.1) is 17.8 Å². The minimum absolute atomic E-state index is 0.0926. The van der Waals surface area contributed by atoms with E-state index in [-0.39, 0.29) is 18.4 Å². The third-order valence-corrected chi connectivity index (χ3v) is 4.45.